The molecule has 0 aromatic rings. The highest BCUT2D eigenvalue weighted by Gasteiger charge is 2.45. The van der Waals surface area contributed by atoms with Crippen molar-refractivity contribution >= 4 is 17.8 Å². The van der Waals surface area contributed by atoms with Gasteiger partial charge >= 0.3 is 5.97 Å². The topological polar surface area (TPSA) is 90.0 Å². The maximum Gasteiger partial charge on any atom is 0.320 e. The van der Waals surface area contributed by atoms with Crippen molar-refractivity contribution < 1.29 is 19.5 Å². The average Bonchev–Trinajstić information content (AvgIpc) is 3.00. The van der Waals surface area contributed by atoms with E-state index in [9.17, 15) is 19.5 Å². The summed E-state index contributed by atoms with van der Waals surface area (Å²) in [5.74, 6) is -0.750. The molecule has 26 heavy (non-hydrogen) atoms. The van der Waals surface area contributed by atoms with Crippen molar-refractivity contribution in [3.05, 3.63) is 0 Å². The fourth-order valence-corrected chi connectivity index (χ4v) is 4.93. The molecule has 0 spiro atoms. The predicted molar refractivity (Wildman–Crippen MR) is 96.5 cm³/mol. The Labute approximate surface area is 155 Å². The number of fused-ring (bicyclic) bond motifs is 1. The van der Waals surface area contributed by atoms with Crippen molar-refractivity contribution in [2.24, 2.45) is 5.92 Å². The molecule has 3 fully saturated rings. The number of rotatable bonds is 5. The number of amides is 2. The zero-order valence-electron chi connectivity index (χ0n) is 15.7. The predicted octanol–water partition coefficient (Wildman–Crippen LogP) is 1.22. The molecule has 1 aliphatic carbocycles. The number of hydrogen-bond donors (Lipinski definition) is 2. The van der Waals surface area contributed by atoms with E-state index in [0.717, 1.165) is 58.0 Å². The maximum atomic E-state index is 12.5. The summed E-state index contributed by atoms with van der Waals surface area (Å²) in [7, 11) is 0. The number of carboxylic acid groups (broad SMARTS) is 1. The SMILES string of the molecule is CC(NC(=O)CN1C(C(=O)O)CC2CCCCC21)C(=O)N1CCCCC1. The van der Waals surface area contributed by atoms with E-state index in [1.807, 2.05) is 9.80 Å². The fourth-order valence-electron chi connectivity index (χ4n) is 4.93. The van der Waals surface area contributed by atoms with Gasteiger partial charge in [-0.3, -0.25) is 19.3 Å². The van der Waals surface area contributed by atoms with Crippen molar-refractivity contribution in [3.8, 4) is 0 Å². The van der Waals surface area contributed by atoms with Gasteiger partial charge in [0.15, 0.2) is 0 Å². The Morgan fingerprint density at radius 2 is 1.77 bits per heavy atom. The Morgan fingerprint density at radius 1 is 1.08 bits per heavy atom. The number of likely N-dealkylation sites (tertiary alicyclic amines) is 2. The molecule has 4 unspecified atom stereocenters. The molecule has 4 atom stereocenters. The van der Waals surface area contributed by atoms with Gasteiger partial charge in [0.05, 0.1) is 6.54 Å². The molecule has 0 bridgehead atoms. The van der Waals surface area contributed by atoms with E-state index >= 15 is 0 Å². The molecule has 0 aromatic carbocycles. The minimum atomic E-state index is -0.843. The van der Waals surface area contributed by atoms with E-state index < -0.39 is 18.1 Å². The zero-order chi connectivity index (χ0) is 18.7. The molecule has 2 N–H and O–H groups in total. The van der Waals surface area contributed by atoms with Crippen LogP contribution in [0, 0.1) is 5.92 Å². The third-order valence-corrected chi connectivity index (χ3v) is 6.25. The number of carboxylic acids is 1. The third kappa shape index (κ3) is 4.19. The van der Waals surface area contributed by atoms with Crippen LogP contribution in [0.3, 0.4) is 0 Å². The van der Waals surface area contributed by atoms with Gasteiger partial charge in [0.1, 0.15) is 12.1 Å². The van der Waals surface area contributed by atoms with Crippen LogP contribution in [0.25, 0.3) is 0 Å². The number of nitrogens with zero attached hydrogens (tertiary/aromatic N) is 2. The lowest BCUT2D eigenvalue weighted by Crippen LogP contribution is -2.52. The lowest BCUT2D eigenvalue weighted by molar-refractivity contribution is -0.144. The lowest BCUT2D eigenvalue weighted by Gasteiger charge is -2.33. The Bertz CT molecular complexity index is 547. The van der Waals surface area contributed by atoms with Gasteiger partial charge in [0, 0.05) is 19.1 Å². The molecule has 1 saturated carbocycles. The monoisotopic (exact) mass is 365 g/mol. The van der Waals surface area contributed by atoms with Crippen LogP contribution in [0.4, 0.5) is 0 Å². The molecular formula is C19H31N3O4. The van der Waals surface area contributed by atoms with E-state index in [0.29, 0.717) is 12.3 Å². The first kappa shape index (κ1) is 19.1. The van der Waals surface area contributed by atoms with Gasteiger partial charge in [-0.05, 0) is 51.4 Å². The fraction of sp³-hybridized carbons (Fsp3) is 0.842. The number of piperidine rings is 1. The minimum absolute atomic E-state index is 0.0372. The normalized spacial score (nSPS) is 30.5. The first-order valence-electron chi connectivity index (χ1n) is 10.0. The molecule has 2 heterocycles. The quantitative estimate of drug-likeness (QED) is 0.765. The second kappa shape index (κ2) is 8.37. The molecule has 2 saturated heterocycles. The van der Waals surface area contributed by atoms with Crippen LogP contribution in [0.2, 0.25) is 0 Å². The summed E-state index contributed by atoms with van der Waals surface area (Å²) >= 11 is 0. The van der Waals surface area contributed by atoms with Crippen molar-refractivity contribution in [1.82, 2.24) is 15.1 Å². The molecule has 2 amide bonds. The van der Waals surface area contributed by atoms with E-state index in [1.165, 1.54) is 0 Å². The highest BCUT2D eigenvalue weighted by Crippen LogP contribution is 2.39. The second-order valence-corrected chi connectivity index (χ2v) is 8.05. The van der Waals surface area contributed by atoms with Crippen molar-refractivity contribution in [1.29, 1.82) is 0 Å². The van der Waals surface area contributed by atoms with E-state index in [2.05, 4.69) is 5.32 Å². The average molecular weight is 365 g/mol. The van der Waals surface area contributed by atoms with E-state index in [4.69, 9.17) is 0 Å². The Hall–Kier alpha value is -1.63. The lowest BCUT2D eigenvalue weighted by atomic mass is 9.85. The standard InChI is InChI=1S/C19H31N3O4/c1-13(18(24)21-9-5-2-6-10-21)20-17(23)12-22-15-8-4-3-7-14(15)11-16(22)19(25)26/h13-16H,2-12H2,1H3,(H,20,23)(H,25,26). The first-order chi connectivity index (χ1) is 12.5. The molecule has 146 valence electrons. The van der Waals surface area contributed by atoms with Crippen LogP contribution in [0.1, 0.15) is 58.3 Å². The van der Waals surface area contributed by atoms with Gasteiger partial charge in [-0.1, -0.05) is 12.8 Å². The Balaban J connectivity index is 1.57. The maximum absolute atomic E-state index is 12.5. The highest BCUT2D eigenvalue weighted by molar-refractivity contribution is 5.88. The summed E-state index contributed by atoms with van der Waals surface area (Å²) in [6.07, 6.45) is 8.08. The summed E-state index contributed by atoms with van der Waals surface area (Å²) < 4.78 is 0. The highest BCUT2D eigenvalue weighted by atomic mass is 16.4. The number of carbonyl (C=O) groups excluding carboxylic acids is 2. The largest absolute Gasteiger partial charge is 0.480 e. The molecule has 3 rings (SSSR count). The van der Waals surface area contributed by atoms with Crippen molar-refractivity contribution in [3.63, 3.8) is 0 Å². The first-order valence-corrected chi connectivity index (χ1v) is 10.0. The van der Waals surface area contributed by atoms with Gasteiger partial charge in [0.2, 0.25) is 11.8 Å². The summed E-state index contributed by atoms with van der Waals surface area (Å²) in [5, 5.41) is 12.3. The van der Waals surface area contributed by atoms with E-state index in [1.54, 1.807) is 6.92 Å². The molecule has 7 nitrogen and oxygen atoms in total. The summed E-state index contributed by atoms with van der Waals surface area (Å²) in [4.78, 5) is 40.3. The van der Waals surface area contributed by atoms with Crippen LogP contribution in [0.15, 0.2) is 0 Å². The van der Waals surface area contributed by atoms with Gasteiger partial charge in [0.25, 0.3) is 0 Å². The van der Waals surface area contributed by atoms with Gasteiger partial charge in [-0.25, -0.2) is 0 Å². The zero-order valence-corrected chi connectivity index (χ0v) is 15.7. The molecular weight excluding hydrogens is 334 g/mol. The minimum Gasteiger partial charge on any atom is -0.480 e. The Morgan fingerprint density at radius 3 is 2.46 bits per heavy atom. The van der Waals surface area contributed by atoms with Crippen LogP contribution >= 0.6 is 0 Å². The smallest absolute Gasteiger partial charge is 0.320 e. The molecule has 3 aliphatic rings. The summed E-state index contributed by atoms with van der Waals surface area (Å²) in [5.41, 5.74) is 0. The number of hydrogen-bond acceptors (Lipinski definition) is 4. The molecule has 0 radical (unpaired) electrons. The number of carbonyl (C=O) groups is 3. The summed E-state index contributed by atoms with van der Waals surface area (Å²) in [6, 6.07) is -0.959. The molecule has 7 heteroatoms. The Kier molecular flexibility index (Phi) is 6.16. The van der Waals surface area contributed by atoms with Crippen LogP contribution in [-0.2, 0) is 14.4 Å². The van der Waals surface area contributed by atoms with Crippen LogP contribution < -0.4 is 5.32 Å². The summed E-state index contributed by atoms with van der Waals surface area (Å²) in [6.45, 7) is 3.30. The van der Waals surface area contributed by atoms with Crippen molar-refractivity contribution in [2.75, 3.05) is 19.6 Å². The molecule has 2 aliphatic heterocycles. The second-order valence-electron chi connectivity index (χ2n) is 8.05. The number of nitrogens with one attached hydrogen (secondary N) is 1. The number of aliphatic carboxylic acids is 1. The van der Waals surface area contributed by atoms with Gasteiger partial charge in [-0.15, -0.1) is 0 Å². The van der Waals surface area contributed by atoms with E-state index in [-0.39, 0.29) is 24.4 Å². The van der Waals surface area contributed by atoms with Crippen molar-refractivity contribution in [2.45, 2.75) is 76.4 Å². The molecule has 0 aromatic heterocycles. The van der Waals surface area contributed by atoms with Crippen LogP contribution in [-0.4, -0.2) is 70.4 Å². The third-order valence-electron chi connectivity index (χ3n) is 6.25. The van der Waals surface area contributed by atoms with Gasteiger partial charge < -0.3 is 15.3 Å². The van der Waals surface area contributed by atoms with Gasteiger partial charge in [-0.2, -0.15) is 0 Å². The van der Waals surface area contributed by atoms with Crippen LogP contribution in [0.5, 0.6) is 0 Å².